The Kier molecular flexibility index (Phi) is 6.17. The minimum Gasteiger partial charge on any atom is -0.454 e. The fourth-order valence-corrected chi connectivity index (χ4v) is 3.74. The standard InChI is InChI=1S/C21H24N4O4/c1-14(26)24-18(10-15-11-23-17-7-3-2-6-16(15)17)20(28)29-12-19(27)25-21(13-22)8-4-5-9-21/h2-3,6-7,11,18,23H,4-5,8-10,12H2,1H3,(H,24,26)(H,25,27)/t18-/m0/s1. The lowest BCUT2D eigenvalue weighted by Gasteiger charge is -2.22. The highest BCUT2D eigenvalue weighted by Crippen LogP contribution is 2.28. The number of aromatic amines is 1. The Balaban J connectivity index is 1.62. The summed E-state index contributed by atoms with van der Waals surface area (Å²) in [6.07, 6.45) is 4.96. The molecule has 8 nitrogen and oxygen atoms in total. The van der Waals surface area contributed by atoms with E-state index in [1.54, 1.807) is 6.20 Å². The number of benzene rings is 1. The average Bonchev–Trinajstić information content (AvgIpc) is 3.33. The maximum Gasteiger partial charge on any atom is 0.329 e. The second kappa shape index (κ2) is 8.78. The van der Waals surface area contributed by atoms with Crippen molar-refractivity contribution in [3.8, 4) is 6.07 Å². The van der Waals surface area contributed by atoms with Crippen LogP contribution in [-0.2, 0) is 25.5 Å². The van der Waals surface area contributed by atoms with E-state index in [1.807, 2.05) is 24.3 Å². The third-order valence-corrected chi connectivity index (χ3v) is 5.16. The van der Waals surface area contributed by atoms with Gasteiger partial charge in [-0.15, -0.1) is 0 Å². The number of nitrogens with zero attached hydrogens (tertiary/aromatic N) is 1. The summed E-state index contributed by atoms with van der Waals surface area (Å²) < 4.78 is 5.14. The Bertz CT molecular complexity index is 953. The highest BCUT2D eigenvalue weighted by molar-refractivity contribution is 5.88. The lowest BCUT2D eigenvalue weighted by Crippen LogP contribution is -2.48. The van der Waals surface area contributed by atoms with E-state index in [2.05, 4.69) is 21.7 Å². The number of hydrogen-bond donors (Lipinski definition) is 3. The highest BCUT2D eigenvalue weighted by atomic mass is 16.5. The highest BCUT2D eigenvalue weighted by Gasteiger charge is 2.35. The number of aromatic nitrogens is 1. The summed E-state index contributed by atoms with van der Waals surface area (Å²) in [5, 5.41) is 15.6. The molecule has 2 aromatic rings. The molecule has 1 aromatic heterocycles. The van der Waals surface area contributed by atoms with Gasteiger partial charge >= 0.3 is 5.97 Å². The first-order chi connectivity index (χ1) is 13.9. The van der Waals surface area contributed by atoms with Gasteiger partial charge in [-0.25, -0.2) is 4.79 Å². The monoisotopic (exact) mass is 396 g/mol. The number of amides is 2. The van der Waals surface area contributed by atoms with Crippen LogP contribution in [0, 0.1) is 11.3 Å². The van der Waals surface area contributed by atoms with Crippen molar-refractivity contribution < 1.29 is 19.1 Å². The first kappa shape index (κ1) is 20.4. The van der Waals surface area contributed by atoms with E-state index in [4.69, 9.17) is 4.74 Å². The molecule has 0 aliphatic heterocycles. The Morgan fingerprint density at radius 2 is 2.00 bits per heavy atom. The van der Waals surface area contributed by atoms with Gasteiger partial charge in [-0.2, -0.15) is 5.26 Å². The largest absolute Gasteiger partial charge is 0.454 e. The van der Waals surface area contributed by atoms with E-state index >= 15 is 0 Å². The minimum absolute atomic E-state index is 0.228. The van der Waals surface area contributed by atoms with Crippen LogP contribution in [0.25, 0.3) is 10.9 Å². The fourth-order valence-electron chi connectivity index (χ4n) is 3.74. The number of fused-ring (bicyclic) bond motifs is 1. The van der Waals surface area contributed by atoms with Gasteiger partial charge in [0.15, 0.2) is 6.61 Å². The summed E-state index contributed by atoms with van der Waals surface area (Å²) in [7, 11) is 0. The number of rotatable bonds is 7. The third kappa shape index (κ3) is 4.93. The molecule has 1 heterocycles. The van der Waals surface area contributed by atoms with Crippen molar-refractivity contribution in [3.05, 3.63) is 36.0 Å². The Morgan fingerprint density at radius 3 is 2.69 bits per heavy atom. The van der Waals surface area contributed by atoms with Gasteiger partial charge in [0, 0.05) is 30.4 Å². The normalized spacial score (nSPS) is 16.0. The number of nitriles is 1. The SMILES string of the molecule is CC(=O)N[C@@H](Cc1c[nH]c2ccccc12)C(=O)OCC(=O)NC1(C#N)CCCC1. The molecule has 0 bridgehead atoms. The maximum atomic E-state index is 12.5. The number of hydrogen-bond acceptors (Lipinski definition) is 5. The molecule has 8 heteroatoms. The molecule has 29 heavy (non-hydrogen) atoms. The van der Waals surface area contributed by atoms with Crippen molar-refractivity contribution >= 4 is 28.7 Å². The van der Waals surface area contributed by atoms with Crippen molar-refractivity contribution in [2.75, 3.05) is 6.61 Å². The number of nitrogens with one attached hydrogen (secondary N) is 3. The number of H-pyrrole nitrogens is 1. The van der Waals surface area contributed by atoms with Crippen LogP contribution >= 0.6 is 0 Å². The number of carbonyl (C=O) groups is 3. The van der Waals surface area contributed by atoms with Crippen molar-refractivity contribution in [3.63, 3.8) is 0 Å². The molecule has 1 aromatic carbocycles. The van der Waals surface area contributed by atoms with Crippen molar-refractivity contribution in [1.82, 2.24) is 15.6 Å². The molecule has 0 radical (unpaired) electrons. The van der Waals surface area contributed by atoms with Gasteiger partial charge in [0.2, 0.25) is 5.91 Å². The molecule has 152 valence electrons. The van der Waals surface area contributed by atoms with Crippen LogP contribution < -0.4 is 10.6 Å². The number of esters is 1. The van der Waals surface area contributed by atoms with E-state index in [9.17, 15) is 19.6 Å². The second-order valence-corrected chi connectivity index (χ2v) is 7.37. The zero-order valence-electron chi connectivity index (χ0n) is 16.3. The van der Waals surface area contributed by atoms with Crippen LogP contribution in [0.4, 0.5) is 0 Å². The molecule has 1 saturated carbocycles. The zero-order chi connectivity index (χ0) is 20.9. The van der Waals surface area contributed by atoms with Gasteiger partial charge in [-0.05, 0) is 37.3 Å². The van der Waals surface area contributed by atoms with Crippen LogP contribution in [-0.4, -0.2) is 41.0 Å². The molecular weight excluding hydrogens is 372 g/mol. The summed E-state index contributed by atoms with van der Waals surface area (Å²) in [5.74, 6) is -1.58. The van der Waals surface area contributed by atoms with Crippen LogP contribution in [0.2, 0.25) is 0 Å². The average molecular weight is 396 g/mol. The molecule has 3 N–H and O–H groups in total. The second-order valence-electron chi connectivity index (χ2n) is 7.37. The van der Waals surface area contributed by atoms with Crippen LogP contribution in [0.5, 0.6) is 0 Å². The van der Waals surface area contributed by atoms with Crippen LogP contribution in [0.3, 0.4) is 0 Å². The lowest BCUT2D eigenvalue weighted by molar-refractivity contribution is -0.151. The predicted octanol–water partition coefficient (Wildman–Crippen LogP) is 1.71. The van der Waals surface area contributed by atoms with Crippen LogP contribution in [0.15, 0.2) is 30.5 Å². The topological polar surface area (TPSA) is 124 Å². The van der Waals surface area contributed by atoms with Crippen molar-refractivity contribution in [1.29, 1.82) is 5.26 Å². The predicted molar refractivity (Wildman–Crippen MR) is 106 cm³/mol. The fraction of sp³-hybridized carbons (Fsp3) is 0.429. The Labute approximate surface area is 168 Å². The summed E-state index contributed by atoms with van der Waals surface area (Å²) in [5.41, 5.74) is 0.912. The van der Waals surface area contributed by atoms with Crippen LogP contribution in [0.1, 0.15) is 38.2 Å². The molecule has 1 aliphatic carbocycles. The summed E-state index contributed by atoms with van der Waals surface area (Å²) >= 11 is 0. The van der Waals surface area contributed by atoms with E-state index < -0.39 is 30.1 Å². The number of carbonyl (C=O) groups excluding carboxylic acids is 3. The molecular formula is C21H24N4O4. The zero-order valence-corrected chi connectivity index (χ0v) is 16.3. The van der Waals surface area contributed by atoms with Gasteiger partial charge in [-0.3, -0.25) is 9.59 Å². The Hall–Kier alpha value is -3.34. The summed E-state index contributed by atoms with van der Waals surface area (Å²) in [6, 6.07) is 8.88. The third-order valence-electron chi connectivity index (χ3n) is 5.16. The van der Waals surface area contributed by atoms with Gasteiger partial charge in [0.05, 0.1) is 6.07 Å². The molecule has 0 saturated heterocycles. The smallest absolute Gasteiger partial charge is 0.329 e. The lowest BCUT2D eigenvalue weighted by atomic mass is 10.00. The molecule has 1 fully saturated rings. The van der Waals surface area contributed by atoms with E-state index in [1.165, 1.54) is 6.92 Å². The quantitative estimate of drug-likeness (QED) is 0.615. The first-order valence-corrected chi connectivity index (χ1v) is 9.63. The summed E-state index contributed by atoms with van der Waals surface area (Å²) in [6.45, 7) is 0.825. The molecule has 3 rings (SSSR count). The number of para-hydroxylation sites is 1. The molecule has 0 unspecified atom stereocenters. The summed E-state index contributed by atoms with van der Waals surface area (Å²) in [4.78, 5) is 39.4. The van der Waals surface area contributed by atoms with Gasteiger partial charge in [0.1, 0.15) is 11.6 Å². The van der Waals surface area contributed by atoms with Gasteiger partial charge in [-0.1, -0.05) is 18.2 Å². The first-order valence-electron chi connectivity index (χ1n) is 9.63. The maximum absolute atomic E-state index is 12.5. The van der Waals surface area contributed by atoms with Crippen molar-refractivity contribution in [2.45, 2.75) is 50.6 Å². The molecule has 0 spiro atoms. The van der Waals surface area contributed by atoms with E-state index in [-0.39, 0.29) is 12.3 Å². The van der Waals surface area contributed by atoms with E-state index in [0.29, 0.717) is 12.8 Å². The van der Waals surface area contributed by atoms with E-state index in [0.717, 1.165) is 29.3 Å². The minimum atomic E-state index is -0.920. The molecule has 2 amide bonds. The van der Waals surface area contributed by atoms with Crippen molar-refractivity contribution in [2.24, 2.45) is 0 Å². The Morgan fingerprint density at radius 1 is 1.28 bits per heavy atom. The van der Waals surface area contributed by atoms with Gasteiger partial charge < -0.3 is 20.4 Å². The number of ether oxygens (including phenoxy) is 1. The molecule has 1 atom stereocenters. The van der Waals surface area contributed by atoms with Gasteiger partial charge in [0.25, 0.3) is 5.91 Å². The molecule has 1 aliphatic rings.